The van der Waals surface area contributed by atoms with Crippen molar-refractivity contribution < 1.29 is 17.9 Å². The van der Waals surface area contributed by atoms with E-state index in [1.807, 2.05) is 19.2 Å². The molecule has 0 saturated carbocycles. The molecule has 1 aromatic heterocycles. The van der Waals surface area contributed by atoms with Gasteiger partial charge in [-0.05, 0) is 19.9 Å². The van der Waals surface area contributed by atoms with Crippen LogP contribution in [-0.2, 0) is 12.1 Å². The zero-order valence-electron chi connectivity index (χ0n) is 11.6. The molecule has 0 radical (unpaired) electrons. The van der Waals surface area contributed by atoms with E-state index in [9.17, 15) is 13.2 Å². The minimum Gasteiger partial charge on any atom is -0.405 e. The fourth-order valence-electron chi connectivity index (χ4n) is 1.80. The zero-order valence-corrected chi connectivity index (χ0v) is 12.4. The summed E-state index contributed by atoms with van der Waals surface area (Å²) in [6.07, 6.45) is -2.99. The molecule has 0 spiro atoms. The standard InChI is InChI=1S/C14H15F3N2OS/c1-13(2,12-18-7-8-21-12)19-9-10-5-3-4-6-11(10)20-14(15,16)17/h3-8,19H,9H2,1-2H3. The maximum Gasteiger partial charge on any atom is 0.573 e. The second-order valence-corrected chi connectivity index (χ2v) is 5.87. The van der Waals surface area contributed by atoms with Gasteiger partial charge in [-0.25, -0.2) is 4.98 Å². The number of hydrogen-bond donors (Lipinski definition) is 1. The monoisotopic (exact) mass is 316 g/mol. The summed E-state index contributed by atoms with van der Waals surface area (Å²) in [5, 5.41) is 5.94. The second-order valence-electron chi connectivity index (χ2n) is 4.97. The van der Waals surface area contributed by atoms with E-state index in [1.54, 1.807) is 18.3 Å². The van der Waals surface area contributed by atoms with Crippen LogP contribution >= 0.6 is 11.3 Å². The Kier molecular flexibility index (Phi) is 4.53. The highest BCUT2D eigenvalue weighted by Gasteiger charge is 2.32. The number of para-hydroxylation sites is 1. The van der Waals surface area contributed by atoms with Gasteiger partial charge >= 0.3 is 6.36 Å². The molecule has 0 fully saturated rings. The summed E-state index contributed by atoms with van der Waals surface area (Å²) in [5.74, 6) is -0.188. The molecule has 0 atom stereocenters. The van der Waals surface area contributed by atoms with Gasteiger partial charge in [-0.3, -0.25) is 0 Å². The highest BCUT2D eigenvalue weighted by atomic mass is 32.1. The van der Waals surface area contributed by atoms with Crippen LogP contribution in [0.5, 0.6) is 5.75 Å². The molecule has 0 unspecified atom stereocenters. The Morgan fingerprint density at radius 2 is 1.95 bits per heavy atom. The van der Waals surface area contributed by atoms with Crippen LogP contribution in [0.25, 0.3) is 0 Å². The normalized spacial score (nSPS) is 12.4. The summed E-state index contributed by atoms with van der Waals surface area (Å²) >= 11 is 1.49. The van der Waals surface area contributed by atoms with Crippen molar-refractivity contribution in [2.45, 2.75) is 32.3 Å². The van der Waals surface area contributed by atoms with Crippen LogP contribution in [0.15, 0.2) is 35.8 Å². The number of thiazole rings is 1. The highest BCUT2D eigenvalue weighted by Crippen LogP contribution is 2.28. The maximum absolute atomic E-state index is 12.4. The Morgan fingerprint density at radius 1 is 1.24 bits per heavy atom. The maximum atomic E-state index is 12.4. The number of aromatic nitrogens is 1. The van der Waals surface area contributed by atoms with Gasteiger partial charge in [-0.15, -0.1) is 24.5 Å². The Balaban J connectivity index is 2.10. The van der Waals surface area contributed by atoms with Gasteiger partial charge in [0.15, 0.2) is 0 Å². The Labute approximate surface area is 124 Å². The average molecular weight is 316 g/mol. The molecule has 0 aliphatic rings. The SMILES string of the molecule is CC(C)(NCc1ccccc1OC(F)(F)F)c1nccs1. The molecule has 2 rings (SSSR count). The van der Waals surface area contributed by atoms with E-state index < -0.39 is 11.9 Å². The highest BCUT2D eigenvalue weighted by molar-refractivity contribution is 7.09. The third-order valence-corrected chi connectivity index (χ3v) is 3.98. The quantitative estimate of drug-likeness (QED) is 0.903. The van der Waals surface area contributed by atoms with Crippen LogP contribution in [0.1, 0.15) is 24.4 Å². The third kappa shape index (κ3) is 4.44. The van der Waals surface area contributed by atoms with Crippen molar-refractivity contribution in [3.05, 3.63) is 46.4 Å². The first kappa shape index (κ1) is 15.8. The Bertz CT molecular complexity index is 582. The molecule has 1 aromatic carbocycles. The van der Waals surface area contributed by atoms with Crippen LogP contribution in [0.2, 0.25) is 0 Å². The van der Waals surface area contributed by atoms with Crippen molar-refractivity contribution in [2.75, 3.05) is 0 Å². The molecule has 0 amide bonds. The van der Waals surface area contributed by atoms with Gasteiger partial charge in [-0.1, -0.05) is 18.2 Å². The second kappa shape index (κ2) is 6.03. The van der Waals surface area contributed by atoms with Crippen LogP contribution in [0.4, 0.5) is 13.2 Å². The van der Waals surface area contributed by atoms with Crippen LogP contribution in [0.3, 0.4) is 0 Å². The van der Waals surface area contributed by atoms with Crippen molar-refractivity contribution >= 4 is 11.3 Å². The lowest BCUT2D eigenvalue weighted by Crippen LogP contribution is -2.36. The fourth-order valence-corrected chi connectivity index (χ4v) is 2.54. The number of alkyl halides is 3. The third-order valence-electron chi connectivity index (χ3n) is 2.89. The molecular formula is C14H15F3N2OS. The Morgan fingerprint density at radius 3 is 2.57 bits per heavy atom. The predicted molar refractivity (Wildman–Crippen MR) is 75.1 cm³/mol. The van der Waals surface area contributed by atoms with E-state index in [-0.39, 0.29) is 12.3 Å². The number of ether oxygens (including phenoxy) is 1. The lowest BCUT2D eigenvalue weighted by atomic mass is 10.1. The summed E-state index contributed by atoms with van der Waals surface area (Å²) in [6, 6.07) is 6.10. The molecule has 0 aliphatic heterocycles. The van der Waals surface area contributed by atoms with Crippen molar-refractivity contribution in [2.24, 2.45) is 0 Å². The topological polar surface area (TPSA) is 34.1 Å². The number of benzene rings is 1. The summed E-state index contributed by atoms with van der Waals surface area (Å²) in [4.78, 5) is 4.23. The molecule has 0 aliphatic carbocycles. The van der Waals surface area contributed by atoms with Gasteiger partial charge in [0.05, 0.1) is 5.54 Å². The van der Waals surface area contributed by atoms with Gasteiger partial charge in [0.25, 0.3) is 0 Å². The first-order valence-electron chi connectivity index (χ1n) is 6.26. The van der Waals surface area contributed by atoms with Gasteiger partial charge in [-0.2, -0.15) is 0 Å². The van der Waals surface area contributed by atoms with Crippen LogP contribution in [-0.4, -0.2) is 11.3 Å². The molecule has 21 heavy (non-hydrogen) atoms. The van der Waals surface area contributed by atoms with Crippen molar-refractivity contribution in [3.63, 3.8) is 0 Å². The summed E-state index contributed by atoms with van der Waals surface area (Å²) in [6.45, 7) is 4.11. The molecule has 2 aromatic rings. The molecular weight excluding hydrogens is 301 g/mol. The Hall–Kier alpha value is -1.60. The number of halogens is 3. The number of nitrogens with zero attached hydrogens (tertiary/aromatic N) is 1. The smallest absolute Gasteiger partial charge is 0.405 e. The lowest BCUT2D eigenvalue weighted by molar-refractivity contribution is -0.274. The minimum absolute atomic E-state index is 0.188. The van der Waals surface area contributed by atoms with Gasteiger partial charge < -0.3 is 10.1 Å². The first-order valence-corrected chi connectivity index (χ1v) is 7.14. The molecule has 0 saturated heterocycles. The van der Waals surface area contributed by atoms with Crippen molar-refractivity contribution in [1.29, 1.82) is 0 Å². The molecule has 1 heterocycles. The van der Waals surface area contributed by atoms with E-state index in [4.69, 9.17) is 0 Å². The molecule has 0 bridgehead atoms. The summed E-state index contributed by atoms with van der Waals surface area (Å²) in [7, 11) is 0. The summed E-state index contributed by atoms with van der Waals surface area (Å²) in [5.41, 5.74) is 0.0129. The van der Waals surface area contributed by atoms with Crippen molar-refractivity contribution in [1.82, 2.24) is 10.3 Å². The number of rotatable bonds is 5. The van der Waals surface area contributed by atoms with Gasteiger partial charge in [0, 0.05) is 23.7 Å². The fraction of sp³-hybridized carbons (Fsp3) is 0.357. The van der Waals surface area contributed by atoms with Gasteiger partial charge in [0.1, 0.15) is 10.8 Å². The summed E-state index contributed by atoms with van der Waals surface area (Å²) < 4.78 is 41.1. The largest absolute Gasteiger partial charge is 0.573 e. The predicted octanol–water partition coefficient (Wildman–Crippen LogP) is 4.07. The van der Waals surface area contributed by atoms with Crippen LogP contribution < -0.4 is 10.1 Å². The van der Waals surface area contributed by atoms with E-state index >= 15 is 0 Å². The molecule has 1 N–H and O–H groups in total. The minimum atomic E-state index is -4.69. The van der Waals surface area contributed by atoms with Gasteiger partial charge in [0.2, 0.25) is 0 Å². The number of nitrogens with one attached hydrogen (secondary N) is 1. The van der Waals surface area contributed by atoms with Crippen LogP contribution in [0, 0.1) is 0 Å². The zero-order chi connectivity index (χ0) is 15.5. The molecule has 114 valence electrons. The van der Waals surface area contributed by atoms with E-state index in [0.29, 0.717) is 5.56 Å². The van der Waals surface area contributed by atoms with Crippen molar-refractivity contribution in [3.8, 4) is 5.75 Å². The van der Waals surface area contributed by atoms with E-state index in [2.05, 4.69) is 15.0 Å². The van der Waals surface area contributed by atoms with E-state index in [0.717, 1.165) is 5.01 Å². The first-order chi connectivity index (χ1) is 9.78. The molecule has 7 heteroatoms. The van der Waals surface area contributed by atoms with E-state index in [1.165, 1.54) is 23.5 Å². The average Bonchev–Trinajstić information content (AvgIpc) is 2.90. The lowest BCUT2D eigenvalue weighted by Gasteiger charge is -2.24. The molecule has 3 nitrogen and oxygen atoms in total. The number of hydrogen-bond acceptors (Lipinski definition) is 4.